The van der Waals surface area contributed by atoms with Crippen molar-refractivity contribution in [1.82, 2.24) is 21.3 Å². The van der Waals surface area contributed by atoms with E-state index < -0.39 is 54.0 Å². The van der Waals surface area contributed by atoms with Crippen molar-refractivity contribution in [2.24, 2.45) is 17.3 Å². The highest BCUT2D eigenvalue weighted by Gasteiger charge is 2.39. The number of nitrogens with one attached hydrogen (secondary N) is 4. The molecule has 2 rings (SSSR count). The van der Waals surface area contributed by atoms with E-state index in [2.05, 4.69) is 21.3 Å². The summed E-state index contributed by atoms with van der Waals surface area (Å²) in [5.74, 6) is -1.63. The Bertz CT molecular complexity index is 828. The van der Waals surface area contributed by atoms with Crippen LogP contribution in [-0.4, -0.2) is 54.1 Å². The molecule has 0 radical (unpaired) electrons. The number of alkyl halides is 3. The third-order valence-corrected chi connectivity index (χ3v) is 6.48. The van der Waals surface area contributed by atoms with E-state index in [9.17, 15) is 32.8 Å². The van der Waals surface area contributed by atoms with Crippen molar-refractivity contribution in [3.05, 3.63) is 0 Å². The zero-order valence-electron chi connectivity index (χ0n) is 21.1. The minimum Gasteiger partial charge on any atom is -0.351 e. The Balaban J connectivity index is 2.05. The summed E-state index contributed by atoms with van der Waals surface area (Å²) in [6.07, 6.45) is -0.879. The van der Waals surface area contributed by atoms with Crippen molar-refractivity contribution >= 4 is 17.7 Å². The Morgan fingerprint density at radius 1 is 1.11 bits per heavy atom. The number of nitriles is 1. The molecule has 198 valence electrons. The fourth-order valence-corrected chi connectivity index (χ4v) is 4.27. The maximum Gasteiger partial charge on any atom is 0.401 e. The van der Waals surface area contributed by atoms with E-state index in [0.29, 0.717) is 12.8 Å². The summed E-state index contributed by atoms with van der Waals surface area (Å²) in [5.41, 5.74) is -1.16. The Hall–Kier alpha value is -2.35. The number of nitrogens with zero attached hydrogens (tertiary/aromatic N) is 1. The Morgan fingerprint density at radius 3 is 2.23 bits per heavy atom. The zero-order chi connectivity index (χ0) is 26.6. The van der Waals surface area contributed by atoms with Gasteiger partial charge >= 0.3 is 6.18 Å². The van der Waals surface area contributed by atoms with E-state index in [1.165, 1.54) is 0 Å². The predicted molar refractivity (Wildman–Crippen MR) is 124 cm³/mol. The molecule has 2 fully saturated rings. The van der Waals surface area contributed by atoms with E-state index in [4.69, 9.17) is 0 Å². The molecule has 11 heteroatoms. The maximum atomic E-state index is 13.0. The van der Waals surface area contributed by atoms with E-state index in [1.54, 1.807) is 20.8 Å². The second kappa shape index (κ2) is 11.1. The Morgan fingerprint density at radius 2 is 1.74 bits per heavy atom. The zero-order valence-corrected chi connectivity index (χ0v) is 21.1. The molecule has 4 unspecified atom stereocenters. The number of amides is 3. The van der Waals surface area contributed by atoms with Gasteiger partial charge in [0.2, 0.25) is 17.7 Å². The molecule has 0 spiro atoms. The molecule has 8 nitrogen and oxygen atoms in total. The summed E-state index contributed by atoms with van der Waals surface area (Å²) >= 11 is 0. The second-order valence-corrected chi connectivity index (χ2v) is 11.6. The average Bonchev–Trinajstić information content (AvgIpc) is 3.50. The van der Waals surface area contributed by atoms with Gasteiger partial charge in [-0.25, -0.2) is 0 Å². The van der Waals surface area contributed by atoms with Crippen LogP contribution in [0.15, 0.2) is 0 Å². The Labute approximate surface area is 205 Å². The van der Waals surface area contributed by atoms with Crippen LogP contribution in [0.2, 0.25) is 0 Å². The summed E-state index contributed by atoms with van der Waals surface area (Å²) in [6.45, 7) is 7.42. The number of carbonyl (C=O) groups is 3. The van der Waals surface area contributed by atoms with Gasteiger partial charge in [0.25, 0.3) is 0 Å². The van der Waals surface area contributed by atoms with Crippen LogP contribution in [0.3, 0.4) is 0 Å². The van der Waals surface area contributed by atoms with Crippen molar-refractivity contribution in [3.8, 4) is 6.07 Å². The SMILES string of the molecule is CC1(C)CCC(CC(C#N)NC(=O)C(CC2CC2)NC(=O)C(NCC(F)(F)F)C(C)(C)C)C(=O)N1. The van der Waals surface area contributed by atoms with Gasteiger partial charge in [0.1, 0.15) is 12.1 Å². The molecular formula is C24H38F3N5O3. The molecule has 1 saturated heterocycles. The van der Waals surface area contributed by atoms with Gasteiger partial charge in [-0.05, 0) is 50.9 Å². The maximum absolute atomic E-state index is 13.0. The van der Waals surface area contributed by atoms with Gasteiger partial charge in [-0.1, -0.05) is 33.6 Å². The molecule has 1 saturated carbocycles. The highest BCUT2D eigenvalue weighted by molar-refractivity contribution is 5.90. The smallest absolute Gasteiger partial charge is 0.351 e. The highest BCUT2D eigenvalue weighted by Crippen LogP contribution is 2.34. The van der Waals surface area contributed by atoms with Gasteiger partial charge in [-0.15, -0.1) is 0 Å². The molecule has 0 bridgehead atoms. The lowest BCUT2D eigenvalue weighted by molar-refractivity contribution is -0.137. The lowest BCUT2D eigenvalue weighted by atomic mass is 9.83. The van der Waals surface area contributed by atoms with Gasteiger partial charge in [-0.3, -0.25) is 19.7 Å². The van der Waals surface area contributed by atoms with Crippen LogP contribution in [0.1, 0.15) is 73.1 Å². The van der Waals surface area contributed by atoms with E-state index in [0.717, 1.165) is 19.3 Å². The molecule has 0 aromatic rings. The lowest BCUT2D eigenvalue weighted by Crippen LogP contribution is -2.58. The monoisotopic (exact) mass is 501 g/mol. The quantitative estimate of drug-likeness (QED) is 0.366. The minimum absolute atomic E-state index is 0.145. The van der Waals surface area contributed by atoms with Gasteiger partial charge in [0.15, 0.2) is 0 Å². The fraction of sp³-hybridized carbons (Fsp3) is 0.833. The first-order chi connectivity index (χ1) is 16.0. The van der Waals surface area contributed by atoms with Crippen molar-refractivity contribution in [2.45, 2.75) is 103 Å². The third-order valence-electron chi connectivity index (χ3n) is 6.48. The molecule has 2 aliphatic rings. The molecule has 1 aliphatic heterocycles. The highest BCUT2D eigenvalue weighted by atomic mass is 19.4. The van der Waals surface area contributed by atoms with Crippen LogP contribution in [0.25, 0.3) is 0 Å². The van der Waals surface area contributed by atoms with E-state index in [1.807, 2.05) is 19.9 Å². The molecule has 1 aliphatic carbocycles. The van der Waals surface area contributed by atoms with Crippen LogP contribution in [-0.2, 0) is 14.4 Å². The number of hydrogen-bond acceptors (Lipinski definition) is 5. The molecule has 0 aromatic carbocycles. The van der Waals surface area contributed by atoms with Crippen molar-refractivity contribution < 1.29 is 27.6 Å². The second-order valence-electron chi connectivity index (χ2n) is 11.6. The third kappa shape index (κ3) is 9.67. The lowest BCUT2D eigenvalue weighted by Gasteiger charge is -2.35. The number of halogens is 3. The number of carbonyl (C=O) groups excluding carboxylic acids is 3. The van der Waals surface area contributed by atoms with Crippen LogP contribution >= 0.6 is 0 Å². The first kappa shape index (κ1) is 28.9. The first-order valence-electron chi connectivity index (χ1n) is 12.1. The number of piperidine rings is 1. The van der Waals surface area contributed by atoms with E-state index in [-0.39, 0.29) is 23.8 Å². The molecular weight excluding hydrogens is 463 g/mol. The predicted octanol–water partition coefficient (Wildman–Crippen LogP) is 2.54. The van der Waals surface area contributed by atoms with Crippen LogP contribution in [0, 0.1) is 28.6 Å². The number of hydrogen-bond donors (Lipinski definition) is 4. The largest absolute Gasteiger partial charge is 0.401 e. The summed E-state index contributed by atoms with van der Waals surface area (Å²) in [5, 5.41) is 20.0. The molecule has 0 aromatic heterocycles. The topological polar surface area (TPSA) is 123 Å². The minimum atomic E-state index is -4.49. The van der Waals surface area contributed by atoms with Gasteiger partial charge in [0.05, 0.1) is 18.7 Å². The molecule has 3 amide bonds. The van der Waals surface area contributed by atoms with Crippen molar-refractivity contribution in [3.63, 3.8) is 0 Å². The van der Waals surface area contributed by atoms with Crippen LogP contribution < -0.4 is 21.3 Å². The molecule has 4 atom stereocenters. The Kier molecular flexibility index (Phi) is 9.20. The average molecular weight is 502 g/mol. The van der Waals surface area contributed by atoms with Crippen LogP contribution in [0.5, 0.6) is 0 Å². The normalized spacial score (nSPS) is 22.8. The summed E-state index contributed by atoms with van der Waals surface area (Å²) in [4.78, 5) is 38.4. The molecule has 1 heterocycles. The van der Waals surface area contributed by atoms with Crippen molar-refractivity contribution in [1.29, 1.82) is 5.26 Å². The van der Waals surface area contributed by atoms with Gasteiger partial charge in [0, 0.05) is 11.5 Å². The van der Waals surface area contributed by atoms with E-state index >= 15 is 0 Å². The van der Waals surface area contributed by atoms with Crippen molar-refractivity contribution in [2.75, 3.05) is 6.54 Å². The summed E-state index contributed by atoms with van der Waals surface area (Å²) in [6, 6.07) is -1.07. The fourth-order valence-electron chi connectivity index (χ4n) is 4.27. The molecule has 35 heavy (non-hydrogen) atoms. The molecule has 4 N–H and O–H groups in total. The first-order valence-corrected chi connectivity index (χ1v) is 12.1. The van der Waals surface area contributed by atoms with Gasteiger partial charge in [-0.2, -0.15) is 18.4 Å². The summed E-state index contributed by atoms with van der Waals surface area (Å²) < 4.78 is 38.3. The standard InChI is InChI=1S/C24H38F3N5O3/c1-22(2,3)18(29-13-24(25,26)27)21(35)31-17(10-14-6-7-14)20(34)30-16(12-28)11-15-8-9-23(4,5)32-19(15)33/h14-18,29H,6-11,13H2,1-5H3,(H,30,34)(H,31,35)(H,32,33). The number of rotatable bonds is 10. The van der Waals surface area contributed by atoms with Gasteiger partial charge < -0.3 is 16.0 Å². The summed E-state index contributed by atoms with van der Waals surface area (Å²) in [7, 11) is 0. The van der Waals surface area contributed by atoms with Crippen LogP contribution in [0.4, 0.5) is 13.2 Å².